The molecule has 2 heterocycles. The lowest BCUT2D eigenvalue weighted by Crippen LogP contribution is -2.36. The van der Waals surface area contributed by atoms with Crippen LogP contribution in [0.4, 0.5) is 5.69 Å². The molecule has 0 bridgehead atoms. The zero-order chi connectivity index (χ0) is 28.5. The summed E-state index contributed by atoms with van der Waals surface area (Å²) in [6.07, 6.45) is 0.755. The zero-order valence-electron chi connectivity index (χ0n) is 22.7. The molecule has 5 aromatic rings. The molecule has 1 aliphatic rings. The molecule has 8 heteroatoms. The molecular weight excluding hydrogens is 582 g/mol. The number of anilines is 1. The van der Waals surface area contributed by atoms with Crippen molar-refractivity contribution in [3.8, 4) is 22.6 Å². The summed E-state index contributed by atoms with van der Waals surface area (Å²) in [6, 6.07) is 26.9. The normalized spacial score (nSPS) is 12.6. The van der Waals surface area contributed by atoms with Crippen molar-refractivity contribution < 1.29 is 19.1 Å². The van der Waals surface area contributed by atoms with E-state index in [1.807, 2.05) is 71.6 Å². The Morgan fingerprint density at radius 1 is 0.829 bits per heavy atom. The van der Waals surface area contributed by atoms with Crippen LogP contribution in [0.3, 0.4) is 0 Å². The first kappa shape index (κ1) is 26.7. The second-order valence-electron chi connectivity index (χ2n) is 9.98. The van der Waals surface area contributed by atoms with Crippen LogP contribution in [0.25, 0.3) is 22.0 Å². The topological polar surface area (TPSA) is 83.7 Å². The number of carbonyl (C=O) groups is 2. The van der Waals surface area contributed by atoms with Crippen LogP contribution in [0.15, 0.2) is 89.4 Å². The summed E-state index contributed by atoms with van der Waals surface area (Å²) < 4.78 is 11.8. The molecule has 2 amide bonds. The Balaban J connectivity index is 1.17. The molecule has 1 aromatic heterocycles. The number of nitrogens with zero attached hydrogens (tertiary/aromatic N) is 1. The van der Waals surface area contributed by atoms with Crippen molar-refractivity contribution in [2.45, 2.75) is 13.0 Å². The first-order valence-electron chi connectivity index (χ1n) is 13.2. The van der Waals surface area contributed by atoms with E-state index in [0.717, 1.165) is 44.2 Å². The van der Waals surface area contributed by atoms with Crippen LogP contribution >= 0.6 is 15.9 Å². The molecule has 0 atom stereocenters. The predicted molar refractivity (Wildman–Crippen MR) is 164 cm³/mol. The summed E-state index contributed by atoms with van der Waals surface area (Å²) in [4.78, 5) is 31.2. The number of benzene rings is 4. The Morgan fingerprint density at radius 2 is 1.51 bits per heavy atom. The maximum Gasteiger partial charge on any atom is 0.270 e. The number of methoxy groups -OCH3 is 2. The van der Waals surface area contributed by atoms with Gasteiger partial charge in [0, 0.05) is 39.7 Å². The standard InChI is InChI=1S/C33H28BrN3O4/c1-40-30-17-23-13-14-37(19-25(23)18-31(30)41-2)33(39)29-16-24-15-22(7-12-28(24)36-29)20-5-10-27(11-6-20)35-32(38)21-3-8-26(34)9-4-21/h3-12,15-18,36H,13-14,19H2,1-2H3,(H,35,38). The minimum Gasteiger partial charge on any atom is -0.493 e. The average molecular weight is 611 g/mol. The number of amides is 2. The van der Waals surface area contributed by atoms with Crippen molar-refractivity contribution >= 4 is 44.3 Å². The van der Waals surface area contributed by atoms with E-state index in [4.69, 9.17) is 9.47 Å². The number of hydrogen-bond donors (Lipinski definition) is 2. The van der Waals surface area contributed by atoms with Crippen LogP contribution in [-0.4, -0.2) is 42.5 Å². The Bertz CT molecular complexity index is 1760. The molecule has 0 saturated carbocycles. The molecule has 0 radical (unpaired) electrons. The third kappa shape index (κ3) is 5.43. The lowest BCUT2D eigenvalue weighted by atomic mass is 9.98. The summed E-state index contributed by atoms with van der Waals surface area (Å²) in [6.45, 7) is 1.15. The van der Waals surface area contributed by atoms with Gasteiger partial charge in [0.15, 0.2) is 11.5 Å². The van der Waals surface area contributed by atoms with Gasteiger partial charge in [-0.1, -0.05) is 34.1 Å². The number of rotatable bonds is 6. The fourth-order valence-electron chi connectivity index (χ4n) is 5.20. The van der Waals surface area contributed by atoms with Gasteiger partial charge in [-0.05, 0) is 95.4 Å². The lowest BCUT2D eigenvalue weighted by molar-refractivity contribution is 0.0729. The van der Waals surface area contributed by atoms with Gasteiger partial charge in [-0.2, -0.15) is 0 Å². The number of ether oxygens (including phenoxy) is 2. The maximum atomic E-state index is 13.5. The number of hydrogen-bond acceptors (Lipinski definition) is 4. The number of fused-ring (bicyclic) bond motifs is 2. The van der Waals surface area contributed by atoms with Crippen molar-refractivity contribution in [2.75, 3.05) is 26.1 Å². The number of nitrogens with one attached hydrogen (secondary N) is 2. The first-order valence-corrected chi connectivity index (χ1v) is 14.0. The summed E-state index contributed by atoms with van der Waals surface area (Å²) in [7, 11) is 3.25. The lowest BCUT2D eigenvalue weighted by Gasteiger charge is -2.29. The minimum atomic E-state index is -0.160. The molecule has 2 N–H and O–H groups in total. The van der Waals surface area contributed by atoms with E-state index < -0.39 is 0 Å². The van der Waals surface area contributed by atoms with Crippen LogP contribution < -0.4 is 14.8 Å². The van der Waals surface area contributed by atoms with Gasteiger partial charge < -0.3 is 24.7 Å². The monoisotopic (exact) mass is 609 g/mol. The molecule has 0 spiro atoms. The van der Waals surface area contributed by atoms with Crippen LogP contribution in [0, 0.1) is 0 Å². The van der Waals surface area contributed by atoms with Gasteiger partial charge in [0.05, 0.1) is 14.2 Å². The van der Waals surface area contributed by atoms with E-state index in [0.29, 0.717) is 35.8 Å². The first-order chi connectivity index (χ1) is 19.9. The van der Waals surface area contributed by atoms with E-state index in [-0.39, 0.29) is 11.8 Å². The molecule has 1 aliphatic heterocycles. The zero-order valence-corrected chi connectivity index (χ0v) is 24.2. The van der Waals surface area contributed by atoms with Gasteiger partial charge >= 0.3 is 0 Å². The summed E-state index contributed by atoms with van der Waals surface area (Å²) >= 11 is 3.39. The fourth-order valence-corrected chi connectivity index (χ4v) is 5.47. The smallest absolute Gasteiger partial charge is 0.270 e. The minimum absolute atomic E-state index is 0.0333. The molecule has 4 aromatic carbocycles. The van der Waals surface area contributed by atoms with Crippen molar-refractivity contribution in [2.24, 2.45) is 0 Å². The highest BCUT2D eigenvalue weighted by atomic mass is 79.9. The highest BCUT2D eigenvalue weighted by Gasteiger charge is 2.25. The molecule has 0 saturated heterocycles. The second-order valence-corrected chi connectivity index (χ2v) is 10.9. The molecule has 0 fully saturated rings. The van der Waals surface area contributed by atoms with Crippen LogP contribution in [-0.2, 0) is 13.0 Å². The highest BCUT2D eigenvalue weighted by molar-refractivity contribution is 9.10. The molecular formula is C33H28BrN3O4. The highest BCUT2D eigenvalue weighted by Crippen LogP contribution is 2.34. The SMILES string of the molecule is COc1cc2c(cc1OC)CN(C(=O)c1cc3cc(-c4ccc(NC(=O)c5ccc(Br)cc5)cc4)ccc3[nH]1)CC2. The maximum absolute atomic E-state index is 13.5. The number of carbonyl (C=O) groups excluding carboxylic acids is 2. The van der Waals surface area contributed by atoms with Crippen molar-refractivity contribution in [3.05, 3.63) is 112 Å². The quantitative estimate of drug-likeness (QED) is 0.216. The van der Waals surface area contributed by atoms with Gasteiger partial charge in [0.25, 0.3) is 11.8 Å². The number of H-pyrrole nitrogens is 1. The van der Waals surface area contributed by atoms with Gasteiger partial charge in [0.1, 0.15) is 5.69 Å². The van der Waals surface area contributed by atoms with Crippen molar-refractivity contribution in [1.82, 2.24) is 9.88 Å². The van der Waals surface area contributed by atoms with Crippen molar-refractivity contribution in [1.29, 1.82) is 0 Å². The Labute approximate surface area is 246 Å². The van der Waals surface area contributed by atoms with Crippen LogP contribution in [0.5, 0.6) is 11.5 Å². The summed E-state index contributed by atoms with van der Waals surface area (Å²) in [5.74, 6) is 1.18. The van der Waals surface area contributed by atoms with E-state index in [9.17, 15) is 9.59 Å². The molecule has 7 nitrogen and oxygen atoms in total. The van der Waals surface area contributed by atoms with E-state index in [1.165, 1.54) is 5.56 Å². The van der Waals surface area contributed by atoms with Gasteiger partial charge in [-0.3, -0.25) is 9.59 Å². The van der Waals surface area contributed by atoms with Crippen LogP contribution in [0.2, 0.25) is 0 Å². The van der Waals surface area contributed by atoms with Gasteiger partial charge in [-0.15, -0.1) is 0 Å². The Kier molecular flexibility index (Phi) is 7.24. The van der Waals surface area contributed by atoms with E-state index in [2.05, 4.69) is 32.3 Å². The van der Waals surface area contributed by atoms with Crippen molar-refractivity contribution in [3.63, 3.8) is 0 Å². The third-order valence-electron chi connectivity index (χ3n) is 7.44. The fraction of sp³-hybridized carbons (Fsp3) is 0.152. The van der Waals surface area contributed by atoms with Gasteiger partial charge in [-0.25, -0.2) is 0 Å². The number of halogens is 1. The van der Waals surface area contributed by atoms with Crippen LogP contribution in [0.1, 0.15) is 32.0 Å². The number of aromatic nitrogens is 1. The Morgan fingerprint density at radius 3 is 2.22 bits per heavy atom. The summed E-state index contributed by atoms with van der Waals surface area (Å²) in [5.41, 5.74) is 7.05. The Hall–Kier alpha value is -4.56. The predicted octanol–water partition coefficient (Wildman–Crippen LogP) is 7.07. The number of aromatic amines is 1. The average Bonchev–Trinajstić information content (AvgIpc) is 3.44. The van der Waals surface area contributed by atoms with E-state index in [1.54, 1.807) is 26.4 Å². The molecule has 6 rings (SSSR count). The molecule has 206 valence electrons. The van der Waals surface area contributed by atoms with E-state index >= 15 is 0 Å². The summed E-state index contributed by atoms with van der Waals surface area (Å²) in [5, 5.41) is 3.90. The molecule has 0 aliphatic carbocycles. The largest absolute Gasteiger partial charge is 0.493 e. The molecule has 0 unspecified atom stereocenters. The molecule has 41 heavy (non-hydrogen) atoms. The van der Waals surface area contributed by atoms with Gasteiger partial charge in [0.2, 0.25) is 0 Å². The third-order valence-corrected chi connectivity index (χ3v) is 7.97. The second kappa shape index (κ2) is 11.1.